The molecular formula is C12H10BrFO2. The Kier molecular flexibility index (Phi) is 3.39. The van der Waals surface area contributed by atoms with Crippen molar-refractivity contribution in [2.75, 3.05) is 6.61 Å². The van der Waals surface area contributed by atoms with Gasteiger partial charge in [-0.2, -0.15) is 0 Å². The Hall–Kier alpha value is -1.16. The molecule has 0 spiro atoms. The van der Waals surface area contributed by atoms with E-state index in [1.54, 1.807) is 12.1 Å². The molecule has 0 bridgehead atoms. The second-order valence-electron chi connectivity index (χ2n) is 3.51. The van der Waals surface area contributed by atoms with Gasteiger partial charge in [0.1, 0.15) is 5.82 Å². The minimum absolute atomic E-state index is 0.0522. The van der Waals surface area contributed by atoms with Crippen molar-refractivity contribution in [2.45, 2.75) is 12.8 Å². The third-order valence-electron chi connectivity index (χ3n) is 2.34. The highest BCUT2D eigenvalue weighted by Crippen LogP contribution is 2.20. The van der Waals surface area contributed by atoms with E-state index < -0.39 is 5.82 Å². The Balaban J connectivity index is 2.30. The molecule has 0 saturated heterocycles. The fourth-order valence-electron chi connectivity index (χ4n) is 1.52. The molecule has 84 valence electrons. The summed E-state index contributed by atoms with van der Waals surface area (Å²) in [7, 11) is 0. The van der Waals surface area contributed by atoms with E-state index >= 15 is 0 Å². The van der Waals surface area contributed by atoms with E-state index in [1.807, 2.05) is 0 Å². The van der Waals surface area contributed by atoms with Crippen LogP contribution in [0.4, 0.5) is 4.39 Å². The molecule has 1 aliphatic heterocycles. The van der Waals surface area contributed by atoms with E-state index in [0.29, 0.717) is 11.1 Å². The summed E-state index contributed by atoms with van der Waals surface area (Å²) in [5, 5.41) is 0. The Bertz CT molecular complexity index is 454. The molecule has 1 aromatic rings. The van der Waals surface area contributed by atoms with E-state index in [4.69, 9.17) is 4.74 Å². The lowest BCUT2D eigenvalue weighted by atomic mass is 10.1. The fourth-order valence-corrected chi connectivity index (χ4v) is 1.86. The molecule has 1 heterocycles. The van der Waals surface area contributed by atoms with Crippen molar-refractivity contribution in [3.63, 3.8) is 0 Å². The van der Waals surface area contributed by atoms with Gasteiger partial charge in [0.2, 0.25) is 5.78 Å². The molecule has 0 amide bonds. The van der Waals surface area contributed by atoms with Gasteiger partial charge in [-0.3, -0.25) is 4.79 Å². The van der Waals surface area contributed by atoms with Crippen LogP contribution < -0.4 is 0 Å². The number of hydrogen-bond donors (Lipinski definition) is 0. The highest BCUT2D eigenvalue weighted by molar-refractivity contribution is 9.10. The molecule has 0 N–H and O–H groups in total. The first kappa shape index (κ1) is 11.3. The molecule has 0 atom stereocenters. The van der Waals surface area contributed by atoms with Crippen LogP contribution in [-0.4, -0.2) is 12.4 Å². The van der Waals surface area contributed by atoms with Gasteiger partial charge >= 0.3 is 0 Å². The Morgan fingerprint density at radius 2 is 2.25 bits per heavy atom. The predicted octanol–water partition coefficient (Wildman–Crippen LogP) is 3.47. The molecule has 0 aliphatic carbocycles. The zero-order valence-corrected chi connectivity index (χ0v) is 10.1. The third-order valence-corrected chi connectivity index (χ3v) is 2.83. The number of allylic oxidation sites excluding steroid dienone is 2. The number of hydrogen-bond acceptors (Lipinski definition) is 2. The highest BCUT2D eigenvalue weighted by Gasteiger charge is 2.19. The van der Waals surface area contributed by atoms with Crippen LogP contribution in [0, 0.1) is 5.82 Å². The second-order valence-corrected chi connectivity index (χ2v) is 4.43. The summed E-state index contributed by atoms with van der Waals surface area (Å²) in [4.78, 5) is 11.9. The number of carbonyl (C=O) groups is 1. The Morgan fingerprint density at radius 1 is 1.44 bits per heavy atom. The molecule has 4 heteroatoms. The summed E-state index contributed by atoms with van der Waals surface area (Å²) in [6, 6.07) is 4.37. The Morgan fingerprint density at radius 3 is 2.88 bits per heavy atom. The minimum Gasteiger partial charge on any atom is -0.490 e. The van der Waals surface area contributed by atoms with Crippen LogP contribution >= 0.6 is 15.9 Å². The number of halogens is 2. The zero-order valence-electron chi connectivity index (χ0n) is 8.50. The van der Waals surface area contributed by atoms with Crippen LogP contribution in [0.5, 0.6) is 0 Å². The number of Topliss-reactive ketones (excluding diaryl/α,β-unsaturated/α-hetero) is 1. The summed E-state index contributed by atoms with van der Waals surface area (Å²) in [5.74, 6) is -0.661. The van der Waals surface area contributed by atoms with Gasteiger partial charge in [0, 0.05) is 4.47 Å². The van der Waals surface area contributed by atoms with Gasteiger partial charge in [0.05, 0.1) is 12.2 Å². The SMILES string of the molecule is O=C(C1=CCCCO1)c1ccc(Br)cc1F. The number of carbonyl (C=O) groups excluding carboxylic acids is 1. The lowest BCUT2D eigenvalue weighted by Crippen LogP contribution is -2.12. The standard InChI is InChI=1S/C12H10BrFO2/c13-8-4-5-9(10(14)7-8)12(15)11-3-1-2-6-16-11/h3-5,7H,1-2,6H2. The van der Waals surface area contributed by atoms with Gasteiger partial charge in [0.25, 0.3) is 0 Å². The van der Waals surface area contributed by atoms with Crippen molar-refractivity contribution in [1.82, 2.24) is 0 Å². The Labute approximate surface area is 101 Å². The van der Waals surface area contributed by atoms with Crippen molar-refractivity contribution in [1.29, 1.82) is 0 Å². The van der Waals surface area contributed by atoms with E-state index in [2.05, 4.69) is 15.9 Å². The number of benzene rings is 1. The van der Waals surface area contributed by atoms with Crippen molar-refractivity contribution in [2.24, 2.45) is 0 Å². The summed E-state index contributed by atoms with van der Waals surface area (Å²) in [6.45, 7) is 0.524. The minimum atomic E-state index is -0.533. The molecule has 0 radical (unpaired) electrons. The van der Waals surface area contributed by atoms with E-state index in [-0.39, 0.29) is 17.1 Å². The third kappa shape index (κ3) is 2.32. The summed E-state index contributed by atoms with van der Waals surface area (Å²) in [6.07, 6.45) is 3.42. The molecule has 0 unspecified atom stereocenters. The lowest BCUT2D eigenvalue weighted by Gasteiger charge is -2.13. The van der Waals surface area contributed by atoms with Gasteiger partial charge in [-0.1, -0.05) is 15.9 Å². The maximum atomic E-state index is 13.5. The lowest BCUT2D eigenvalue weighted by molar-refractivity contribution is 0.0895. The average molecular weight is 285 g/mol. The average Bonchev–Trinajstić information content (AvgIpc) is 2.29. The first-order valence-corrected chi connectivity index (χ1v) is 5.80. The summed E-state index contributed by atoms with van der Waals surface area (Å²) in [5.41, 5.74) is 0.0522. The number of ether oxygens (including phenoxy) is 1. The van der Waals surface area contributed by atoms with Crippen molar-refractivity contribution >= 4 is 21.7 Å². The predicted molar refractivity (Wildman–Crippen MR) is 61.7 cm³/mol. The van der Waals surface area contributed by atoms with Crippen molar-refractivity contribution in [3.05, 3.63) is 45.9 Å². The van der Waals surface area contributed by atoms with Gasteiger partial charge in [-0.25, -0.2) is 4.39 Å². The fraction of sp³-hybridized carbons (Fsp3) is 0.250. The normalized spacial score (nSPS) is 15.2. The van der Waals surface area contributed by atoms with Crippen LogP contribution in [-0.2, 0) is 4.74 Å². The van der Waals surface area contributed by atoms with Crippen LogP contribution in [0.2, 0.25) is 0 Å². The van der Waals surface area contributed by atoms with E-state index in [0.717, 1.165) is 12.8 Å². The second kappa shape index (κ2) is 4.78. The van der Waals surface area contributed by atoms with Crippen LogP contribution in [0.15, 0.2) is 34.5 Å². The van der Waals surface area contributed by atoms with Crippen LogP contribution in [0.1, 0.15) is 23.2 Å². The maximum absolute atomic E-state index is 13.5. The largest absolute Gasteiger partial charge is 0.490 e. The van der Waals surface area contributed by atoms with Gasteiger partial charge in [0.15, 0.2) is 5.76 Å². The zero-order chi connectivity index (χ0) is 11.5. The van der Waals surface area contributed by atoms with Gasteiger partial charge in [-0.05, 0) is 37.1 Å². The number of rotatable bonds is 2. The quantitative estimate of drug-likeness (QED) is 0.778. The first-order chi connectivity index (χ1) is 7.68. The van der Waals surface area contributed by atoms with Crippen molar-refractivity contribution < 1.29 is 13.9 Å². The van der Waals surface area contributed by atoms with Crippen molar-refractivity contribution in [3.8, 4) is 0 Å². The smallest absolute Gasteiger partial charge is 0.230 e. The molecule has 1 aliphatic rings. The molecule has 1 aromatic carbocycles. The molecule has 0 aromatic heterocycles. The molecule has 0 fully saturated rings. The topological polar surface area (TPSA) is 26.3 Å². The van der Waals surface area contributed by atoms with E-state index in [1.165, 1.54) is 12.1 Å². The molecule has 2 rings (SSSR count). The van der Waals surface area contributed by atoms with Crippen LogP contribution in [0.3, 0.4) is 0 Å². The molecule has 0 saturated carbocycles. The monoisotopic (exact) mass is 284 g/mol. The molecule has 2 nitrogen and oxygen atoms in total. The molecular weight excluding hydrogens is 275 g/mol. The highest BCUT2D eigenvalue weighted by atomic mass is 79.9. The first-order valence-electron chi connectivity index (χ1n) is 5.01. The van der Waals surface area contributed by atoms with Gasteiger partial charge < -0.3 is 4.74 Å². The maximum Gasteiger partial charge on any atom is 0.230 e. The van der Waals surface area contributed by atoms with E-state index in [9.17, 15) is 9.18 Å². The molecule has 16 heavy (non-hydrogen) atoms. The summed E-state index contributed by atoms with van der Waals surface area (Å²) >= 11 is 3.14. The number of ketones is 1. The van der Waals surface area contributed by atoms with Crippen LogP contribution in [0.25, 0.3) is 0 Å². The van der Waals surface area contributed by atoms with Gasteiger partial charge in [-0.15, -0.1) is 0 Å². The summed E-state index contributed by atoms with van der Waals surface area (Å²) < 4.78 is 19.3.